The molecule has 0 aliphatic rings. The van der Waals surface area contributed by atoms with E-state index in [0.717, 1.165) is 22.8 Å². The van der Waals surface area contributed by atoms with Crippen LogP contribution in [0.5, 0.6) is 0 Å². The average molecular weight is 303 g/mol. The Balaban J connectivity index is 1.61. The Morgan fingerprint density at radius 3 is 2.74 bits per heavy atom. The first-order chi connectivity index (χ1) is 11.3. The monoisotopic (exact) mass is 303 g/mol. The molecule has 0 aliphatic heterocycles. The third kappa shape index (κ3) is 2.74. The lowest BCUT2D eigenvalue weighted by molar-refractivity contribution is 0.668. The van der Waals surface area contributed by atoms with E-state index in [1.807, 2.05) is 18.3 Å². The molecule has 2 aromatic heterocycles. The highest BCUT2D eigenvalue weighted by Crippen LogP contribution is 2.24. The number of nitrogens with two attached hydrogens (primary N) is 1. The SMILES string of the molecule is N[C@H](Cc1cnc[nH]1)c1ncc(-c2ccc3ccccc3c2)[nH]1. The summed E-state index contributed by atoms with van der Waals surface area (Å²) in [6.07, 6.45) is 5.95. The lowest BCUT2D eigenvalue weighted by atomic mass is 10.1. The molecule has 4 aromatic rings. The average Bonchev–Trinajstić information content (AvgIpc) is 3.26. The lowest BCUT2D eigenvalue weighted by Crippen LogP contribution is -2.15. The first-order valence-electron chi connectivity index (χ1n) is 7.56. The van der Waals surface area contributed by atoms with Gasteiger partial charge in [0.2, 0.25) is 0 Å². The number of aromatic nitrogens is 4. The summed E-state index contributed by atoms with van der Waals surface area (Å²) in [4.78, 5) is 14.8. The highest BCUT2D eigenvalue weighted by molar-refractivity contribution is 5.86. The van der Waals surface area contributed by atoms with E-state index in [2.05, 4.69) is 50.3 Å². The minimum Gasteiger partial charge on any atom is -0.348 e. The van der Waals surface area contributed by atoms with E-state index in [1.165, 1.54) is 10.8 Å². The van der Waals surface area contributed by atoms with Crippen LogP contribution in [0.15, 0.2) is 61.2 Å². The summed E-state index contributed by atoms with van der Waals surface area (Å²) < 4.78 is 0. The number of aromatic amines is 2. The molecule has 5 heteroatoms. The Kier molecular flexibility index (Phi) is 3.40. The Labute approximate surface area is 133 Å². The van der Waals surface area contributed by atoms with Crippen LogP contribution in [0.2, 0.25) is 0 Å². The van der Waals surface area contributed by atoms with Gasteiger partial charge in [0.15, 0.2) is 0 Å². The van der Waals surface area contributed by atoms with Crippen molar-refractivity contribution in [2.24, 2.45) is 5.73 Å². The molecule has 0 aliphatic carbocycles. The molecule has 0 radical (unpaired) electrons. The summed E-state index contributed by atoms with van der Waals surface area (Å²) >= 11 is 0. The molecule has 0 bridgehead atoms. The van der Waals surface area contributed by atoms with Crippen LogP contribution in [-0.2, 0) is 6.42 Å². The van der Waals surface area contributed by atoms with E-state index in [4.69, 9.17) is 5.73 Å². The second-order valence-electron chi connectivity index (χ2n) is 5.63. The third-order valence-corrected chi connectivity index (χ3v) is 4.00. The number of fused-ring (bicyclic) bond motifs is 1. The van der Waals surface area contributed by atoms with E-state index in [1.54, 1.807) is 12.5 Å². The standard InChI is InChI=1S/C18H17N5/c19-16(8-15-9-20-11-22-15)18-21-10-17(23-18)14-6-5-12-3-1-2-4-13(12)7-14/h1-7,9-11,16H,8,19H2,(H,20,22)(H,21,23)/t16-/m1/s1. The Morgan fingerprint density at radius 1 is 1.04 bits per heavy atom. The Morgan fingerprint density at radius 2 is 1.91 bits per heavy atom. The highest BCUT2D eigenvalue weighted by atomic mass is 15.0. The first kappa shape index (κ1) is 13.7. The van der Waals surface area contributed by atoms with Crippen LogP contribution >= 0.6 is 0 Å². The van der Waals surface area contributed by atoms with Crippen molar-refractivity contribution in [1.82, 2.24) is 19.9 Å². The van der Waals surface area contributed by atoms with Crippen LogP contribution in [0.25, 0.3) is 22.0 Å². The Hall–Kier alpha value is -2.92. The normalized spacial score (nSPS) is 12.6. The topological polar surface area (TPSA) is 83.4 Å². The van der Waals surface area contributed by atoms with Crippen LogP contribution in [0, 0.1) is 0 Å². The summed E-state index contributed by atoms with van der Waals surface area (Å²) in [7, 11) is 0. The maximum Gasteiger partial charge on any atom is 0.123 e. The van der Waals surface area contributed by atoms with Gasteiger partial charge in [-0.3, -0.25) is 0 Å². The molecule has 4 rings (SSSR count). The molecule has 2 heterocycles. The van der Waals surface area contributed by atoms with Gasteiger partial charge in [-0.1, -0.05) is 36.4 Å². The molecule has 1 atom stereocenters. The van der Waals surface area contributed by atoms with Crippen molar-refractivity contribution in [3.63, 3.8) is 0 Å². The van der Waals surface area contributed by atoms with Crippen molar-refractivity contribution in [2.75, 3.05) is 0 Å². The number of nitrogens with zero attached hydrogens (tertiary/aromatic N) is 2. The zero-order chi connectivity index (χ0) is 15.6. The summed E-state index contributed by atoms with van der Waals surface area (Å²) in [5, 5.41) is 2.44. The van der Waals surface area contributed by atoms with Gasteiger partial charge in [-0.05, 0) is 16.8 Å². The fourth-order valence-electron chi connectivity index (χ4n) is 2.76. The highest BCUT2D eigenvalue weighted by Gasteiger charge is 2.12. The molecule has 23 heavy (non-hydrogen) atoms. The minimum atomic E-state index is -0.190. The predicted molar refractivity (Wildman–Crippen MR) is 90.7 cm³/mol. The Bertz CT molecular complexity index is 923. The summed E-state index contributed by atoms with van der Waals surface area (Å²) in [5.41, 5.74) is 9.31. The van der Waals surface area contributed by atoms with Gasteiger partial charge in [-0.2, -0.15) is 0 Å². The van der Waals surface area contributed by atoms with Gasteiger partial charge < -0.3 is 15.7 Å². The van der Waals surface area contributed by atoms with E-state index < -0.39 is 0 Å². The number of benzene rings is 2. The molecule has 0 unspecified atom stereocenters. The second-order valence-corrected chi connectivity index (χ2v) is 5.63. The van der Waals surface area contributed by atoms with Gasteiger partial charge in [0.1, 0.15) is 5.82 Å². The lowest BCUT2D eigenvalue weighted by Gasteiger charge is -2.07. The van der Waals surface area contributed by atoms with Crippen molar-refractivity contribution in [2.45, 2.75) is 12.5 Å². The molecule has 5 nitrogen and oxygen atoms in total. The summed E-state index contributed by atoms with van der Waals surface area (Å²) in [6.45, 7) is 0. The number of H-pyrrole nitrogens is 2. The van der Waals surface area contributed by atoms with Gasteiger partial charge in [0.05, 0.1) is 24.3 Å². The smallest absolute Gasteiger partial charge is 0.123 e. The number of nitrogens with one attached hydrogen (secondary N) is 2. The zero-order valence-corrected chi connectivity index (χ0v) is 12.5. The van der Waals surface area contributed by atoms with Crippen LogP contribution < -0.4 is 5.73 Å². The van der Waals surface area contributed by atoms with Crippen molar-refractivity contribution in [3.8, 4) is 11.3 Å². The van der Waals surface area contributed by atoms with Crippen LogP contribution in [0.1, 0.15) is 17.6 Å². The van der Waals surface area contributed by atoms with E-state index >= 15 is 0 Å². The van der Waals surface area contributed by atoms with Crippen molar-refractivity contribution >= 4 is 10.8 Å². The molecule has 0 saturated carbocycles. The van der Waals surface area contributed by atoms with Crippen LogP contribution in [0.3, 0.4) is 0 Å². The van der Waals surface area contributed by atoms with Gasteiger partial charge >= 0.3 is 0 Å². The van der Waals surface area contributed by atoms with Crippen molar-refractivity contribution < 1.29 is 0 Å². The third-order valence-electron chi connectivity index (χ3n) is 4.00. The van der Waals surface area contributed by atoms with Gasteiger partial charge in [0, 0.05) is 23.9 Å². The van der Waals surface area contributed by atoms with Gasteiger partial charge in [-0.15, -0.1) is 0 Å². The summed E-state index contributed by atoms with van der Waals surface area (Å²) in [5.74, 6) is 0.780. The predicted octanol–water partition coefficient (Wildman–Crippen LogP) is 3.20. The molecule has 4 N–H and O–H groups in total. The maximum absolute atomic E-state index is 6.23. The summed E-state index contributed by atoms with van der Waals surface area (Å²) in [6, 6.07) is 14.5. The molecular formula is C18H17N5. The fraction of sp³-hybridized carbons (Fsp3) is 0.111. The zero-order valence-electron chi connectivity index (χ0n) is 12.5. The second kappa shape index (κ2) is 5.70. The first-order valence-corrected chi connectivity index (χ1v) is 7.56. The van der Waals surface area contributed by atoms with E-state index in [9.17, 15) is 0 Å². The number of hydrogen-bond acceptors (Lipinski definition) is 3. The molecular weight excluding hydrogens is 286 g/mol. The minimum absolute atomic E-state index is 0.190. The van der Waals surface area contributed by atoms with Crippen molar-refractivity contribution in [1.29, 1.82) is 0 Å². The van der Waals surface area contributed by atoms with E-state index in [-0.39, 0.29) is 6.04 Å². The fourth-order valence-corrected chi connectivity index (χ4v) is 2.76. The van der Waals surface area contributed by atoms with Gasteiger partial charge in [0.25, 0.3) is 0 Å². The van der Waals surface area contributed by atoms with Crippen LogP contribution in [-0.4, -0.2) is 19.9 Å². The molecule has 0 spiro atoms. The van der Waals surface area contributed by atoms with Crippen LogP contribution in [0.4, 0.5) is 0 Å². The van der Waals surface area contributed by atoms with Gasteiger partial charge in [-0.25, -0.2) is 9.97 Å². The number of imidazole rings is 2. The molecule has 0 fully saturated rings. The molecule has 2 aromatic carbocycles. The molecule has 114 valence electrons. The largest absolute Gasteiger partial charge is 0.348 e. The van der Waals surface area contributed by atoms with Crippen molar-refractivity contribution in [3.05, 3.63) is 72.7 Å². The quantitative estimate of drug-likeness (QED) is 0.541. The number of hydrogen-bond donors (Lipinski definition) is 3. The van der Waals surface area contributed by atoms with E-state index in [0.29, 0.717) is 6.42 Å². The molecule has 0 saturated heterocycles. The molecule has 0 amide bonds. The number of rotatable bonds is 4. The maximum atomic E-state index is 6.23.